The van der Waals surface area contributed by atoms with Gasteiger partial charge in [-0.25, -0.2) is 0 Å². The Labute approximate surface area is 190 Å². The lowest BCUT2D eigenvalue weighted by molar-refractivity contribution is -0.121. The molecule has 0 fully saturated rings. The molecule has 1 aromatic heterocycles. The van der Waals surface area contributed by atoms with E-state index in [1.807, 2.05) is 49.5 Å². The van der Waals surface area contributed by atoms with Gasteiger partial charge in [0, 0.05) is 10.4 Å². The largest absolute Gasteiger partial charge is 0.293 e. The Morgan fingerprint density at radius 2 is 1.94 bits per heavy atom. The highest BCUT2D eigenvalue weighted by molar-refractivity contribution is 9.10. The molecule has 0 saturated heterocycles. The van der Waals surface area contributed by atoms with E-state index in [9.17, 15) is 10.1 Å². The van der Waals surface area contributed by atoms with Crippen LogP contribution in [0.2, 0.25) is 0 Å². The molecule has 0 amide bonds. The Kier molecular flexibility index (Phi) is 4.91. The van der Waals surface area contributed by atoms with Crippen molar-refractivity contribution in [2.45, 2.75) is 31.7 Å². The number of allylic oxidation sites excluding steroid dienone is 2. The van der Waals surface area contributed by atoms with Crippen LogP contribution in [0.5, 0.6) is 0 Å². The zero-order valence-electron chi connectivity index (χ0n) is 17.3. The van der Waals surface area contributed by atoms with E-state index < -0.39 is 5.41 Å². The first-order chi connectivity index (χ1) is 15.0. The van der Waals surface area contributed by atoms with Crippen LogP contribution in [0, 0.1) is 23.2 Å². The summed E-state index contributed by atoms with van der Waals surface area (Å²) in [6, 6.07) is 20.8. The number of benzene rings is 2. The number of halogens is 1. The molecule has 2 aromatic carbocycles. The number of aromatic nitrogens is 2. The summed E-state index contributed by atoms with van der Waals surface area (Å²) in [7, 11) is 0. The van der Waals surface area contributed by atoms with Crippen LogP contribution >= 0.6 is 15.9 Å². The molecular formula is C26H22BrN3O. The first-order valence-electron chi connectivity index (χ1n) is 10.6. The summed E-state index contributed by atoms with van der Waals surface area (Å²) < 4.78 is 3.12. The maximum atomic E-state index is 12.9. The van der Waals surface area contributed by atoms with Crippen molar-refractivity contribution in [3.05, 3.63) is 99.3 Å². The van der Waals surface area contributed by atoms with Gasteiger partial charge in [0.2, 0.25) is 0 Å². The molecule has 5 heteroatoms. The highest BCUT2D eigenvalue weighted by Crippen LogP contribution is 2.53. The number of carbonyl (C=O) groups excluding carboxylic acids is 1. The number of ketones is 1. The Morgan fingerprint density at radius 3 is 2.65 bits per heavy atom. The average Bonchev–Trinajstić information content (AvgIpc) is 3.21. The predicted molar refractivity (Wildman–Crippen MR) is 122 cm³/mol. The maximum Gasteiger partial charge on any atom is 0.176 e. The third-order valence-electron chi connectivity index (χ3n) is 6.89. The normalized spacial score (nSPS) is 24.7. The summed E-state index contributed by atoms with van der Waals surface area (Å²) in [5, 5.41) is 14.6. The van der Waals surface area contributed by atoms with E-state index >= 15 is 0 Å². The second-order valence-electron chi connectivity index (χ2n) is 8.51. The predicted octanol–water partition coefficient (Wildman–Crippen LogP) is 5.21. The van der Waals surface area contributed by atoms with Crippen molar-refractivity contribution in [2.75, 3.05) is 0 Å². The molecule has 0 aliphatic heterocycles. The average molecular weight is 472 g/mol. The van der Waals surface area contributed by atoms with Gasteiger partial charge in [-0.15, -0.1) is 0 Å². The topological polar surface area (TPSA) is 58.7 Å². The van der Waals surface area contributed by atoms with Crippen molar-refractivity contribution in [1.82, 2.24) is 9.78 Å². The van der Waals surface area contributed by atoms with Crippen LogP contribution in [0.15, 0.2) is 76.9 Å². The second kappa shape index (κ2) is 7.62. The van der Waals surface area contributed by atoms with E-state index in [-0.39, 0.29) is 23.2 Å². The van der Waals surface area contributed by atoms with E-state index in [1.54, 1.807) is 0 Å². The van der Waals surface area contributed by atoms with Crippen molar-refractivity contribution in [3.63, 3.8) is 0 Å². The minimum absolute atomic E-state index is 0.0403. The summed E-state index contributed by atoms with van der Waals surface area (Å²) in [6.07, 6.45) is 5.69. The Bertz CT molecular complexity index is 1220. The zero-order valence-corrected chi connectivity index (χ0v) is 18.8. The maximum absolute atomic E-state index is 12.9. The van der Waals surface area contributed by atoms with E-state index in [1.165, 1.54) is 5.56 Å². The lowest BCUT2D eigenvalue weighted by atomic mass is 9.54. The van der Waals surface area contributed by atoms with E-state index in [4.69, 9.17) is 5.10 Å². The van der Waals surface area contributed by atoms with Gasteiger partial charge in [0.25, 0.3) is 0 Å². The Hall–Kier alpha value is -2.97. The number of hydrogen-bond donors (Lipinski definition) is 0. The highest BCUT2D eigenvalue weighted by atomic mass is 79.9. The van der Waals surface area contributed by atoms with Crippen LogP contribution in [-0.2, 0) is 23.2 Å². The van der Waals surface area contributed by atoms with Gasteiger partial charge in [-0.2, -0.15) is 10.4 Å². The summed E-state index contributed by atoms with van der Waals surface area (Å²) in [5.74, 6) is -0.169. The molecule has 0 radical (unpaired) electrons. The highest BCUT2D eigenvalue weighted by Gasteiger charge is 2.53. The number of hydrogen-bond acceptors (Lipinski definition) is 3. The number of nitrogens with zero attached hydrogens (tertiary/aromatic N) is 3. The molecule has 31 heavy (non-hydrogen) atoms. The molecule has 5 rings (SSSR count). The summed E-state index contributed by atoms with van der Waals surface area (Å²) in [5.41, 5.74) is 4.31. The van der Waals surface area contributed by atoms with Crippen molar-refractivity contribution < 1.29 is 4.79 Å². The van der Waals surface area contributed by atoms with Gasteiger partial charge in [-0.05, 0) is 53.7 Å². The number of carbonyl (C=O) groups is 1. The zero-order chi connectivity index (χ0) is 21.6. The number of nitriles is 1. The Balaban J connectivity index is 1.76. The molecule has 3 atom stereocenters. The molecule has 154 valence electrons. The number of fused-ring (bicyclic) bond motifs is 3. The first-order valence-corrected chi connectivity index (χ1v) is 11.4. The summed E-state index contributed by atoms with van der Waals surface area (Å²) >= 11 is 3.50. The third kappa shape index (κ3) is 3.09. The number of rotatable bonds is 3. The molecule has 3 aromatic rings. The monoisotopic (exact) mass is 471 g/mol. The van der Waals surface area contributed by atoms with Crippen LogP contribution < -0.4 is 0 Å². The fourth-order valence-corrected chi connectivity index (χ4v) is 5.73. The first kappa shape index (κ1) is 20.0. The van der Waals surface area contributed by atoms with Crippen LogP contribution in [0.3, 0.4) is 0 Å². The summed E-state index contributed by atoms with van der Waals surface area (Å²) in [6.45, 7) is 2.62. The minimum Gasteiger partial charge on any atom is -0.293 e. The molecule has 1 heterocycles. The van der Waals surface area contributed by atoms with Gasteiger partial charge in [0.1, 0.15) is 6.07 Å². The second-order valence-corrected chi connectivity index (χ2v) is 9.42. The van der Waals surface area contributed by atoms with E-state index in [0.717, 1.165) is 34.1 Å². The van der Waals surface area contributed by atoms with Crippen LogP contribution in [0.25, 0.3) is 0 Å². The van der Waals surface area contributed by atoms with Gasteiger partial charge in [0.05, 0.1) is 29.4 Å². The van der Waals surface area contributed by atoms with E-state index in [2.05, 4.69) is 50.9 Å². The fraction of sp³-hybridized carbons (Fsp3) is 0.269. The molecule has 2 aliphatic rings. The summed E-state index contributed by atoms with van der Waals surface area (Å²) in [4.78, 5) is 12.9. The molecule has 0 spiro atoms. The van der Waals surface area contributed by atoms with Gasteiger partial charge >= 0.3 is 0 Å². The van der Waals surface area contributed by atoms with Crippen molar-refractivity contribution >= 4 is 21.7 Å². The Morgan fingerprint density at radius 1 is 1.19 bits per heavy atom. The van der Waals surface area contributed by atoms with Crippen LogP contribution in [0.4, 0.5) is 0 Å². The third-order valence-corrected chi connectivity index (χ3v) is 7.42. The van der Waals surface area contributed by atoms with Crippen LogP contribution in [0.1, 0.15) is 35.7 Å². The van der Waals surface area contributed by atoms with Gasteiger partial charge in [-0.1, -0.05) is 65.3 Å². The quantitative estimate of drug-likeness (QED) is 0.526. The molecule has 0 bridgehead atoms. The van der Waals surface area contributed by atoms with Gasteiger partial charge in [-0.3, -0.25) is 9.48 Å². The van der Waals surface area contributed by atoms with Gasteiger partial charge < -0.3 is 0 Å². The SMILES string of the molecule is CC1C(=O)C(C#N)=C[C@]2(c3ccccc3)c3c(cnn3Cc3ccc(Br)cc3)CCC12. The fourth-order valence-electron chi connectivity index (χ4n) is 5.47. The lowest BCUT2D eigenvalue weighted by Gasteiger charge is -2.48. The molecule has 2 unspecified atom stereocenters. The van der Waals surface area contributed by atoms with Crippen molar-refractivity contribution in [2.24, 2.45) is 11.8 Å². The molecule has 0 N–H and O–H groups in total. The molecule has 4 nitrogen and oxygen atoms in total. The van der Waals surface area contributed by atoms with Crippen LogP contribution in [-0.4, -0.2) is 15.6 Å². The lowest BCUT2D eigenvalue weighted by Crippen LogP contribution is -2.49. The molecular weight excluding hydrogens is 450 g/mol. The molecule has 0 saturated carbocycles. The van der Waals surface area contributed by atoms with Gasteiger partial charge in [0.15, 0.2) is 5.78 Å². The van der Waals surface area contributed by atoms with Crippen molar-refractivity contribution in [3.8, 4) is 6.07 Å². The minimum atomic E-state index is -0.543. The van der Waals surface area contributed by atoms with Crippen molar-refractivity contribution in [1.29, 1.82) is 5.26 Å². The molecule has 2 aliphatic carbocycles. The smallest absolute Gasteiger partial charge is 0.176 e. The van der Waals surface area contributed by atoms with E-state index in [0.29, 0.717) is 6.54 Å². The standard InChI is InChI=1S/C26H22BrN3O/c1-17-23-12-9-19-15-29-30(16-18-7-10-22(27)11-8-18)25(19)26(23,13-20(14-28)24(17)31)21-5-3-2-4-6-21/h2-8,10-11,13,15,17,23H,9,12,16H2,1H3/t17?,23?,26-/m1/s1. The number of Topliss-reactive ketones (excluding diaryl/α,β-unsaturated/α-hetero) is 1. The number of aryl methyl sites for hydroxylation is 1.